The molecule has 0 aromatic heterocycles. The molecule has 0 aromatic carbocycles. The standard InChI is InChI=1S/C11H22N2OS/c1-3-7-10(12)11(14)13-8-5-4-6-9-15-2/h3,10H,1,4-9,12H2,2H3,(H,13,14). The molecule has 0 aliphatic heterocycles. The van der Waals surface area contributed by atoms with Crippen LogP contribution in [-0.2, 0) is 4.79 Å². The minimum atomic E-state index is -0.436. The summed E-state index contributed by atoms with van der Waals surface area (Å²) in [5, 5.41) is 2.83. The van der Waals surface area contributed by atoms with Gasteiger partial charge >= 0.3 is 0 Å². The predicted molar refractivity (Wildman–Crippen MR) is 68.0 cm³/mol. The Bertz CT molecular complexity index is 185. The highest BCUT2D eigenvalue weighted by Crippen LogP contribution is 2.01. The quantitative estimate of drug-likeness (QED) is 0.466. The van der Waals surface area contributed by atoms with Crippen molar-refractivity contribution in [1.82, 2.24) is 5.32 Å². The predicted octanol–water partition coefficient (Wildman–Crippen LogP) is 1.54. The second kappa shape index (κ2) is 10.1. The van der Waals surface area contributed by atoms with Gasteiger partial charge in [-0.2, -0.15) is 11.8 Å². The third kappa shape index (κ3) is 8.51. The highest BCUT2D eigenvalue weighted by Gasteiger charge is 2.09. The van der Waals surface area contributed by atoms with Gasteiger partial charge in [0.1, 0.15) is 0 Å². The van der Waals surface area contributed by atoms with Gasteiger partial charge in [0, 0.05) is 6.54 Å². The van der Waals surface area contributed by atoms with Crippen LogP contribution in [0, 0.1) is 0 Å². The molecule has 0 saturated heterocycles. The lowest BCUT2D eigenvalue weighted by Crippen LogP contribution is -2.40. The summed E-state index contributed by atoms with van der Waals surface area (Å²) < 4.78 is 0. The fourth-order valence-corrected chi connectivity index (χ4v) is 1.67. The number of carbonyl (C=O) groups excluding carboxylic acids is 1. The van der Waals surface area contributed by atoms with Crippen LogP contribution in [0.4, 0.5) is 0 Å². The third-order valence-corrected chi connectivity index (χ3v) is 2.78. The highest BCUT2D eigenvalue weighted by molar-refractivity contribution is 7.98. The molecule has 15 heavy (non-hydrogen) atoms. The zero-order chi connectivity index (χ0) is 11.5. The van der Waals surface area contributed by atoms with E-state index >= 15 is 0 Å². The van der Waals surface area contributed by atoms with Crippen molar-refractivity contribution in [2.45, 2.75) is 31.7 Å². The number of rotatable bonds is 9. The van der Waals surface area contributed by atoms with Crippen LogP contribution in [0.5, 0.6) is 0 Å². The highest BCUT2D eigenvalue weighted by atomic mass is 32.2. The molecule has 3 N–H and O–H groups in total. The summed E-state index contributed by atoms with van der Waals surface area (Å²) in [6.45, 7) is 4.29. The first-order chi connectivity index (χ1) is 7.22. The van der Waals surface area contributed by atoms with E-state index in [1.165, 1.54) is 12.2 Å². The molecule has 1 unspecified atom stereocenters. The van der Waals surface area contributed by atoms with Crippen LogP contribution in [0.3, 0.4) is 0 Å². The number of hydrogen-bond donors (Lipinski definition) is 2. The van der Waals surface area contributed by atoms with Gasteiger partial charge in [0.25, 0.3) is 0 Å². The van der Waals surface area contributed by atoms with Gasteiger partial charge in [0.2, 0.25) is 5.91 Å². The van der Waals surface area contributed by atoms with E-state index in [1.807, 2.05) is 11.8 Å². The first kappa shape index (κ1) is 14.5. The molecule has 0 aliphatic carbocycles. The first-order valence-electron chi connectivity index (χ1n) is 5.35. The van der Waals surface area contributed by atoms with Crippen LogP contribution in [-0.4, -0.2) is 30.5 Å². The summed E-state index contributed by atoms with van der Waals surface area (Å²) in [6, 6.07) is -0.436. The maximum absolute atomic E-state index is 11.3. The Morgan fingerprint density at radius 1 is 1.53 bits per heavy atom. The molecule has 3 nitrogen and oxygen atoms in total. The number of amides is 1. The second-order valence-corrected chi connectivity index (χ2v) is 4.46. The van der Waals surface area contributed by atoms with Gasteiger partial charge < -0.3 is 11.1 Å². The number of thioether (sulfide) groups is 1. The van der Waals surface area contributed by atoms with Crippen molar-refractivity contribution in [1.29, 1.82) is 0 Å². The fraction of sp³-hybridized carbons (Fsp3) is 0.727. The Balaban J connectivity index is 3.34. The van der Waals surface area contributed by atoms with E-state index in [0.717, 1.165) is 19.4 Å². The minimum Gasteiger partial charge on any atom is -0.355 e. The smallest absolute Gasteiger partial charge is 0.237 e. The summed E-state index contributed by atoms with van der Waals surface area (Å²) in [4.78, 5) is 11.3. The van der Waals surface area contributed by atoms with E-state index in [-0.39, 0.29) is 5.91 Å². The maximum Gasteiger partial charge on any atom is 0.237 e. The zero-order valence-electron chi connectivity index (χ0n) is 9.50. The van der Waals surface area contributed by atoms with E-state index in [1.54, 1.807) is 6.08 Å². The first-order valence-corrected chi connectivity index (χ1v) is 6.75. The van der Waals surface area contributed by atoms with Crippen molar-refractivity contribution in [3.8, 4) is 0 Å². The van der Waals surface area contributed by atoms with Gasteiger partial charge in [-0.1, -0.05) is 12.5 Å². The number of hydrogen-bond acceptors (Lipinski definition) is 3. The molecule has 0 radical (unpaired) electrons. The molecule has 0 aliphatic rings. The van der Waals surface area contributed by atoms with Crippen LogP contribution >= 0.6 is 11.8 Å². The van der Waals surface area contributed by atoms with Crippen LogP contribution < -0.4 is 11.1 Å². The Labute approximate surface area is 96.9 Å². The Hall–Kier alpha value is -0.480. The van der Waals surface area contributed by atoms with E-state index in [4.69, 9.17) is 5.73 Å². The number of nitrogens with two attached hydrogens (primary N) is 1. The van der Waals surface area contributed by atoms with Crippen LogP contribution in [0.1, 0.15) is 25.7 Å². The number of nitrogens with one attached hydrogen (secondary N) is 1. The molecule has 4 heteroatoms. The van der Waals surface area contributed by atoms with E-state index in [2.05, 4.69) is 18.2 Å². The molecular weight excluding hydrogens is 208 g/mol. The van der Waals surface area contributed by atoms with Gasteiger partial charge in [-0.25, -0.2) is 0 Å². The molecule has 0 heterocycles. The number of carbonyl (C=O) groups is 1. The van der Waals surface area contributed by atoms with Crippen molar-refractivity contribution in [3.63, 3.8) is 0 Å². The topological polar surface area (TPSA) is 55.1 Å². The lowest BCUT2D eigenvalue weighted by Gasteiger charge is -2.09. The fourth-order valence-electron chi connectivity index (χ4n) is 1.18. The van der Waals surface area contributed by atoms with Gasteiger partial charge in [0.15, 0.2) is 0 Å². The molecule has 1 atom stereocenters. The van der Waals surface area contributed by atoms with Crippen molar-refractivity contribution in [2.24, 2.45) is 5.73 Å². The van der Waals surface area contributed by atoms with E-state index in [9.17, 15) is 4.79 Å². The summed E-state index contributed by atoms with van der Waals surface area (Å²) in [5.74, 6) is 1.13. The Morgan fingerprint density at radius 3 is 2.87 bits per heavy atom. The zero-order valence-corrected chi connectivity index (χ0v) is 10.3. The van der Waals surface area contributed by atoms with Gasteiger partial charge in [0.05, 0.1) is 6.04 Å². The number of unbranched alkanes of at least 4 members (excludes halogenated alkanes) is 2. The lowest BCUT2D eigenvalue weighted by molar-refractivity contribution is -0.122. The minimum absolute atomic E-state index is 0.0697. The second-order valence-electron chi connectivity index (χ2n) is 3.48. The van der Waals surface area contributed by atoms with E-state index in [0.29, 0.717) is 6.42 Å². The summed E-state index contributed by atoms with van der Waals surface area (Å²) >= 11 is 1.86. The molecule has 0 spiro atoms. The third-order valence-electron chi connectivity index (χ3n) is 2.08. The van der Waals surface area contributed by atoms with E-state index < -0.39 is 6.04 Å². The summed E-state index contributed by atoms with van der Waals surface area (Å²) in [7, 11) is 0. The monoisotopic (exact) mass is 230 g/mol. The maximum atomic E-state index is 11.3. The molecule has 0 saturated carbocycles. The lowest BCUT2D eigenvalue weighted by atomic mass is 10.2. The van der Waals surface area contributed by atoms with Gasteiger partial charge in [-0.05, 0) is 31.3 Å². The SMILES string of the molecule is C=CCC(N)C(=O)NCCCCCSC. The molecule has 0 fully saturated rings. The van der Waals surface area contributed by atoms with Crippen LogP contribution in [0.25, 0.3) is 0 Å². The van der Waals surface area contributed by atoms with Crippen molar-refractivity contribution < 1.29 is 4.79 Å². The van der Waals surface area contributed by atoms with Crippen molar-refractivity contribution in [3.05, 3.63) is 12.7 Å². The van der Waals surface area contributed by atoms with Gasteiger partial charge in [-0.15, -0.1) is 6.58 Å². The largest absolute Gasteiger partial charge is 0.355 e. The normalized spacial score (nSPS) is 12.1. The summed E-state index contributed by atoms with van der Waals surface area (Å²) in [6.07, 6.45) is 7.73. The average molecular weight is 230 g/mol. The van der Waals surface area contributed by atoms with Crippen LogP contribution in [0.2, 0.25) is 0 Å². The summed E-state index contributed by atoms with van der Waals surface area (Å²) in [5.41, 5.74) is 5.60. The molecule has 88 valence electrons. The molecule has 0 bridgehead atoms. The Morgan fingerprint density at radius 2 is 2.27 bits per heavy atom. The Kier molecular flexibility index (Phi) is 9.73. The molecule has 1 amide bonds. The van der Waals surface area contributed by atoms with Crippen molar-refractivity contribution >= 4 is 17.7 Å². The van der Waals surface area contributed by atoms with Gasteiger partial charge in [-0.3, -0.25) is 4.79 Å². The van der Waals surface area contributed by atoms with Crippen LogP contribution in [0.15, 0.2) is 12.7 Å². The molecule has 0 aromatic rings. The molecular formula is C11H22N2OS. The molecule has 0 rings (SSSR count). The average Bonchev–Trinajstić information content (AvgIpc) is 2.23. The van der Waals surface area contributed by atoms with Crippen molar-refractivity contribution in [2.75, 3.05) is 18.6 Å².